The molecular formula is C13H21F. The highest BCUT2D eigenvalue weighted by atomic mass is 19.1. The van der Waals surface area contributed by atoms with E-state index in [1.165, 1.54) is 0 Å². The molecule has 0 aliphatic heterocycles. The van der Waals surface area contributed by atoms with Crippen LogP contribution in [0.3, 0.4) is 0 Å². The summed E-state index contributed by atoms with van der Waals surface area (Å²) in [7, 11) is 0. The van der Waals surface area contributed by atoms with Crippen LogP contribution in [-0.4, -0.2) is 6.17 Å². The summed E-state index contributed by atoms with van der Waals surface area (Å²) in [6, 6.07) is 0. The highest BCUT2D eigenvalue weighted by Gasteiger charge is 2.07. The van der Waals surface area contributed by atoms with Gasteiger partial charge in [0.1, 0.15) is 6.17 Å². The first kappa shape index (κ1) is 13.2. The monoisotopic (exact) mass is 196 g/mol. The molecule has 0 N–H and O–H groups in total. The van der Waals surface area contributed by atoms with Crippen LogP contribution in [0.25, 0.3) is 0 Å². The lowest BCUT2D eigenvalue weighted by Crippen LogP contribution is -2.00. The van der Waals surface area contributed by atoms with Crippen molar-refractivity contribution in [1.29, 1.82) is 0 Å². The largest absolute Gasteiger partial charge is 0.243 e. The van der Waals surface area contributed by atoms with Crippen LogP contribution in [0.1, 0.15) is 34.1 Å². The van der Waals surface area contributed by atoms with Gasteiger partial charge in [-0.3, -0.25) is 0 Å². The maximum absolute atomic E-state index is 13.1. The van der Waals surface area contributed by atoms with Gasteiger partial charge < -0.3 is 0 Å². The predicted octanol–water partition coefficient (Wildman–Crippen LogP) is 4.45. The van der Waals surface area contributed by atoms with Gasteiger partial charge in [0.05, 0.1) is 0 Å². The Labute approximate surface area is 87.2 Å². The summed E-state index contributed by atoms with van der Waals surface area (Å²) in [5, 5.41) is 0. The molecule has 0 rings (SSSR count). The molecule has 2 atom stereocenters. The number of allylic oxidation sites excluding steroid dienone is 5. The predicted molar refractivity (Wildman–Crippen MR) is 62.1 cm³/mol. The van der Waals surface area contributed by atoms with Crippen LogP contribution < -0.4 is 0 Å². The zero-order valence-electron chi connectivity index (χ0n) is 9.68. The van der Waals surface area contributed by atoms with Gasteiger partial charge in [0.2, 0.25) is 0 Å². The Bertz CT molecular complexity index is 234. The lowest BCUT2D eigenvalue weighted by molar-refractivity contribution is 0.416. The number of alkyl halides is 1. The Kier molecular flexibility index (Phi) is 6.18. The lowest BCUT2D eigenvalue weighted by atomic mass is 9.95. The molecule has 14 heavy (non-hydrogen) atoms. The van der Waals surface area contributed by atoms with Crippen molar-refractivity contribution in [3.63, 3.8) is 0 Å². The molecule has 0 heterocycles. The molecule has 1 heteroatoms. The average molecular weight is 196 g/mol. The Morgan fingerprint density at radius 1 is 1.36 bits per heavy atom. The van der Waals surface area contributed by atoms with Crippen molar-refractivity contribution >= 4 is 0 Å². The average Bonchev–Trinajstić information content (AvgIpc) is 2.18. The van der Waals surface area contributed by atoms with E-state index in [4.69, 9.17) is 0 Å². The summed E-state index contributed by atoms with van der Waals surface area (Å²) in [6.45, 7) is 11.4. The minimum Gasteiger partial charge on any atom is -0.243 e. The lowest BCUT2D eigenvalue weighted by Gasteiger charge is -2.11. The van der Waals surface area contributed by atoms with E-state index in [-0.39, 0.29) is 0 Å². The number of halogens is 1. The van der Waals surface area contributed by atoms with E-state index < -0.39 is 6.17 Å². The van der Waals surface area contributed by atoms with E-state index in [2.05, 4.69) is 20.4 Å². The number of hydrogen-bond acceptors (Lipinski definition) is 0. The number of hydrogen-bond donors (Lipinski definition) is 0. The van der Waals surface area contributed by atoms with Crippen molar-refractivity contribution in [2.24, 2.45) is 5.92 Å². The van der Waals surface area contributed by atoms with E-state index in [0.717, 1.165) is 17.6 Å². The summed E-state index contributed by atoms with van der Waals surface area (Å²) in [5.41, 5.74) is 1.85. The van der Waals surface area contributed by atoms with Crippen LogP contribution in [-0.2, 0) is 0 Å². The zero-order valence-corrected chi connectivity index (χ0v) is 9.68. The van der Waals surface area contributed by atoms with Crippen LogP contribution in [0, 0.1) is 5.92 Å². The smallest absolute Gasteiger partial charge is 0.122 e. The van der Waals surface area contributed by atoms with E-state index >= 15 is 0 Å². The van der Waals surface area contributed by atoms with E-state index in [1.807, 2.05) is 25.2 Å². The Morgan fingerprint density at radius 3 is 2.21 bits per heavy atom. The maximum atomic E-state index is 13.1. The fraction of sp³-hybridized carbons (Fsp3) is 0.538. The van der Waals surface area contributed by atoms with Crippen LogP contribution in [0.5, 0.6) is 0 Å². The molecule has 0 aliphatic carbocycles. The summed E-state index contributed by atoms with van der Waals surface area (Å²) >= 11 is 0. The number of rotatable bonds is 5. The highest BCUT2D eigenvalue weighted by molar-refractivity contribution is 5.32. The molecule has 2 unspecified atom stereocenters. The van der Waals surface area contributed by atoms with E-state index in [1.54, 1.807) is 6.92 Å². The van der Waals surface area contributed by atoms with Crippen LogP contribution in [0.2, 0.25) is 0 Å². The molecule has 0 spiro atoms. The fourth-order valence-corrected chi connectivity index (χ4v) is 1.26. The van der Waals surface area contributed by atoms with Crippen molar-refractivity contribution in [2.75, 3.05) is 0 Å². The molecule has 0 aromatic rings. The third kappa shape index (κ3) is 3.91. The minimum atomic E-state index is -0.904. The highest BCUT2D eigenvalue weighted by Crippen LogP contribution is 2.19. The van der Waals surface area contributed by atoms with Gasteiger partial charge in [-0.05, 0) is 37.3 Å². The molecule has 0 aromatic heterocycles. The van der Waals surface area contributed by atoms with E-state index in [0.29, 0.717) is 5.92 Å². The van der Waals surface area contributed by atoms with Crippen LogP contribution in [0.15, 0.2) is 36.0 Å². The first-order valence-corrected chi connectivity index (χ1v) is 5.21. The Balaban J connectivity index is 4.82. The van der Waals surface area contributed by atoms with E-state index in [9.17, 15) is 4.39 Å². The third-order valence-electron chi connectivity index (χ3n) is 2.54. The summed E-state index contributed by atoms with van der Waals surface area (Å²) < 4.78 is 13.1. The molecule has 0 radical (unpaired) electrons. The minimum absolute atomic E-state index is 0.446. The van der Waals surface area contributed by atoms with Crippen molar-refractivity contribution < 1.29 is 4.39 Å². The van der Waals surface area contributed by atoms with Gasteiger partial charge in [-0.1, -0.05) is 38.7 Å². The fourth-order valence-electron chi connectivity index (χ4n) is 1.26. The van der Waals surface area contributed by atoms with Crippen molar-refractivity contribution in [3.05, 3.63) is 36.0 Å². The molecule has 0 saturated heterocycles. The van der Waals surface area contributed by atoms with Crippen molar-refractivity contribution in [3.8, 4) is 0 Å². The summed E-state index contributed by atoms with van der Waals surface area (Å²) in [5.74, 6) is 0.446. The Morgan fingerprint density at radius 2 is 1.93 bits per heavy atom. The summed E-state index contributed by atoms with van der Waals surface area (Å²) in [6.07, 6.45) is 5.69. The molecule has 80 valence electrons. The molecule has 0 bridgehead atoms. The van der Waals surface area contributed by atoms with Crippen molar-refractivity contribution in [2.45, 2.75) is 40.3 Å². The quantitative estimate of drug-likeness (QED) is 0.570. The molecule has 0 fully saturated rings. The van der Waals surface area contributed by atoms with Crippen LogP contribution in [0.4, 0.5) is 4.39 Å². The maximum Gasteiger partial charge on any atom is 0.122 e. The standard InChI is InChI=1S/C13H21F/c1-6-10(4)12(7-2)9-13(8-3)11(5)14/h7-11H,2,6H2,1,3-5H3/b12-9+,13-8+. The first-order chi connectivity index (χ1) is 6.56. The van der Waals surface area contributed by atoms with Gasteiger partial charge in [-0.2, -0.15) is 0 Å². The van der Waals surface area contributed by atoms with Crippen molar-refractivity contribution in [1.82, 2.24) is 0 Å². The zero-order chi connectivity index (χ0) is 11.1. The topological polar surface area (TPSA) is 0 Å². The van der Waals surface area contributed by atoms with Gasteiger partial charge in [-0.25, -0.2) is 4.39 Å². The SMILES string of the molecule is C=C/C(=C\C(=C/C)C(C)F)C(C)CC. The second-order valence-corrected chi connectivity index (χ2v) is 3.56. The van der Waals surface area contributed by atoms with Gasteiger partial charge in [-0.15, -0.1) is 0 Å². The van der Waals surface area contributed by atoms with Gasteiger partial charge in [0.25, 0.3) is 0 Å². The van der Waals surface area contributed by atoms with Gasteiger partial charge in [0.15, 0.2) is 0 Å². The molecule has 0 aliphatic rings. The second kappa shape index (κ2) is 6.58. The molecule has 0 aromatic carbocycles. The molecular weight excluding hydrogens is 175 g/mol. The molecule has 0 saturated carbocycles. The molecule has 0 amide bonds. The van der Waals surface area contributed by atoms with Gasteiger partial charge >= 0.3 is 0 Å². The first-order valence-electron chi connectivity index (χ1n) is 5.21. The summed E-state index contributed by atoms with van der Waals surface area (Å²) in [4.78, 5) is 0. The second-order valence-electron chi connectivity index (χ2n) is 3.56. The Hall–Kier alpha value is -0.850. The normalized spacial score (nSPS) is 17.8. The van der Waals surface area contributed by atoms with Crippen LogP contribution >= 0.6 is 0 Å². The van der Waals surface area contributed by atoms with Gasteiger partial charge in [0, 0.05) is 0 Å². The molecule has 0 nitrogen and oxygen atoms in total. The third-order valence-corrected chi connectivity index (χ3v) is 2.54.